The van der Waals surface area contributed by atoms with Crippen LogP contribution < -0.4 is 0 Å². The average molecular weight is 329 g/mol. The van der Waals surface area contributed by atoms with Gasteiger partial charge in [0.05, 0.1) is 18.8 Å². The lowest BCUT2D eigenvalue weighted by atomic mass is 9.97. The molecule has 6 nitrogen and oxygen atoms in total. The zero-order valence-electron chi connectivity index (χ0n) is 14.2. The van der Waals surface area contributed by atoms with Gasteiger partial charge in [0.25, 0.3) is 5.91 Å². The number of aromatic nitrogens is 1. The molecule has 3 heterocycles. The van der Waals surface area contributed by atoms with Crippen LogP contribution in [-0.4, -0.2) is 65.6 Å². The summed E-state index contributed by atoms with van der Waals surface area (Å²) in [5.41, 5.74) is 2.12. The highest BCUT2D eigenvalue weighted by molar-refractivity contribution is 5.97. The molecule has 0 spiro atoms. The molecule has 2 fully saturated rings. The van der Waals surface area contributed by atoms with E-state index in [9.17, 15) is 4.79 Å². The zero-order valence-corrected chi connectivity index (χ0v) is 14.2. The number of oxazole rings is 1. The first-order valence-electron chi connectivity index (χ1n) is 8.68. The first-order valence-corrected chi connectivity index (χ1v) is 8.68. The van der Waals surface area contributed by atoms with Crippen LogP contribution in [0.4, 0.5) is 0 Å². The lowest BCUT2D eigenvalue weighted by Crippen LogP contribution is -2.61. The van der Waals surface area contributed by atoms with Gasteiger partial charge in [-0.05, 0) is 31.2 Å². The van der Waals surface area contributed by atoms with Crippen molar-refractivity contribution in [2.45, 2.75) is 32.4 Å². The van der Waals surface area contributed by atoms with E-state index in [1.165, 1.54) is 0 Å². The molecule has 2 aromatic rings. The standard InChI is InChI=1S/C18H23N3O3/c1-3-20-7-6-16-15(11-20)21(8-9-23-16)18(22)13-4-5-14-17(10-13)24-12(2)19-14/h4-5,10,15-16H,3,6-9,11H2,1-2H3/t15-,16+/m0/s1. The molecule has 2 saturated heterocycles. The summed E-state index contributed by atoms with van der Waals surface area (Å²) in [6.45, 7) is 8.17. The highest BCUT2D eigenvalue weighted by atomic mass is 16.5. The fourth-order valence-corrected chi connectivity index (χ4v) is 3.82. The number of morpholine rings is 1. The summed E-state index contributed by atoms with van der Waals surface area (Å²) >= 11 is 0. The number of piperidine rings is 1. The number of carbonyl (C=O) groups excluding carboxylic acids is 1. The lowest BCUT2D eigenvalue weighted by Gasteiger charge is -2.46. The monoisotopic (exact) mass is 329 g/mol. The minimum absolute atomic E-state index is 0.0576. The predicted molar refractivity (Wildman–Crippen MR) is 90.0 cm³/mol. The Morgan fingerprint density at radius 3 is 3.08 bits per heavy atom. The van der Waals surface area contributed by atoms with Crippen LogP contribution in [0.1, 0.15) is 29.6 Å². The number of aryl methyl sites for hydroxylation is 1. The van der Waals surface area contributed by atoms with Crippen LogP contribution in [0.5, 0.6) is 0 Å². The van der Waals surface area contributed by atoms with E-state index in [-0.39, 0.29) is 18.1 Å². The molecule has 4 rings (SSSR count). The predicted octanol–water partition coefficient (Wildman–Crippen LogP) is 2.07. The number of hydrogen-bond donors (Lipinski definition) is 0. The Balaban J connectivity index is 1.61. The maximum atomic E-state index is 13.1. The van der Waals surface area contributed by atoms with Gasteiger partial charge in [-0.25, -0.2) is 4.98 Å². The van der Waals surface area contributed by atoms with Crippen LogP contribution in [0.3, 0.4) is 0 Å². The molecule has 0 bridgehead atoms. The van der Waals surface area contributed by atoms with Crippen LogP contribution in [-0.2, 0) is 4.74 Å². The van der Waals surface area contributed by atoms with Crippen molar-refractivity contribution < 1.29 is 13.9 Å². The van der Waals surface area contributed by atoms with E-state index in [2.05, 4.69) is 16.8 Å². The number of likely N-dealkylation sites (N-methyl/N-ethyl adjacent to an activating group) is 1. The third-order valence-corrected chi connectivity index (χ3v) is 5.12. The number of nitrogens with zero attached hydrogens (tertiary/aromatic N) is 3. The molecule has 0 aliphatic carbocycles. The van der Waals surface area contributed by atoms with Gasteiger partial charge in [0.1, 0.15) is 5.52 Å². The quantitative estimate of drug-likeness (QED) is 0.844. The largest absolute Gasteiger partial charge is 0.441 e. The summed E-state index contributed by atoms with van der Waals surface area (Å²) in [6, 6.07) is 5.64. The molecule has 2 atom stereocenters. The third kappa shape index (κ3) is 2.70. The van der Waals surface area contributed by atoms with Crippen LogP contribution in [0, 0.1) is 6.92 Å². The summed E-state index contributed by atoms with van der Waals surface area (Å²) in [6.07, 6.45) is 1.14. The van der Waals surface area contributed by atoms with Gasteiger partial charge in [-0.2, -0.15) is 0 Å². The summed E-state index contributed by atoms with van der Waals surface area (Å²) in [5.74, 6) is 0.675. The maximum absolute atomic E-state index is 13.1. The number of hydrogen-bond acceptors (Lipinski definition) is 5. The second-order valence-corrected chi connectivity index (χ2v) is 6.57. The smallest absolute Gasteiger partial charge is 0.254 e. The molecule has 0 saturated carbocycles. The van der Waals surface area contributed by atoms with E-state index in [0.717, 1.165) is 31.6 Å². The van der Waals surface area contributed by atoms with Gasteiger partial charge in [-0.1, -0.05) is 6.92 Å². The molecular weight excluding hydrogens is 306 g/mol. The Kier molecular flexibility index (Phi) is 4.02. The van der Waals surface area contributed by atoms with Gasteiger partial charge in [-0.3, -0.25) is 4.79 Å². The number of ether oxygens (including phenoxy) is 1. The van der Waals surface area contributed by atoms with Gasteiger partial charge in [0.15, 0.2) is 11.5 Å². The normalized spacial score (nSPS) is 25.0. The van der Waals surface area contributed by atoms with Gasteiger partial charge in [-0.15, -0.1) is 0 Å². The van der Waals surface area contributed by atoms with E-state index in [0.29, 0.717) is 30.2 Å². The highest BCUT2D eigenvalue weighted by Crippen LogP contribution is 2.25. The summed E-state index contributed by atoms with van der Waals surface area (Å²) < 4.78 is 11.5. The van der Waals surface area contributed by atoms with Crippen LogP contribution >= 0.6 is 0 Å². The molecule has 0 N–H and O–H groups in total. The molecular formula is C18H23N3O3. The van der Waals surface area contributed by atoms with Crippen molar-refractivity contribution >= 4 is 17.0 Å². The van der Waals surface area contributed by atoms with Crippen molar-refractivity contribution in [2.75, 3.05) is 32.8 Å². The van der Waals surface area contributed by atoms with E-state index in [1.54, 1.807) is 0 Å². The Morgan fingerprint density at radius 2 is 2.25 bits per heavy atom. The van der Waals surface area contributed by atoms with Gasteiger partial charge in [0.2, 0.25) is 0 Å². The Bertz CT molecular complexity index is 757. The van der Waals surface area contributed by atoms with Crippen LogP contribution in [0.15, 0.2) is 22.6 Å². The van der Waals surface area contributed by atoms with E-state index < -0.39 is 0 Å². The number of carbonyl (C=O) groups is 1. The van der Waals surface area contributed by atoms with Crippen molar-refractivity contribution in [3.05, 3.63) is 29.7 Å². The Morgan fingerprint density at radius 1 is 1.38 bits per heavy atom. The first-order chi connectivity index (χ1) is 11.7. The van der Waals surface area contributed by atoms with Gasteiger partial charge < -0.3 is 19.0 Å². The summed E-state index contributed by atoms with van der Waals surface area (Å²) in [4.78, 5) is 21.8. The number of rotatable bonds is 2. The molecule has 0 unspecified atom stereocenters. The van der Waals surface area contributed by atoms with Gasteiger partial charge >= 0.3 is 0 Å². The topological polar surface area (TPSA) is 58.8 Å². The highest BCUT2D eigenvalue weighted by Gasteiger charge is 2.39. The molecule has 0 radical (unpaired) electrons. The fraction of sp³-hybridized carbons (Fsp3) is 0.556. The number of fused-ring (bicyclic) bond motifs is 2. The summed E-state index contributed by atoms with van der Waals surface area (Å²) in [5, 5.41) is 0. The second-order valence-electron chi connectivity index (χ2n) is 6.57. The zero-order chi connectivity index (χ0) is 16.7. The minimum atomic E-state index is 0.0576. The molecule has 1 aromatic heterocycles. The Labute approximate surface area is 141 Å². The third-order valence-electron chi connectivity index (χ3n) is 5.12. The van der Waals surface area contributed by atoms with E-state index >= 15 is 0 Å². The second kappa shape index (κ2) is 6.18. The van der Waals surface area contributed by atoms with Crippen LogP contribution in [0.2, 0.25) is 0 Å². The molecule has 6 heteroatoms. The Hall–Kier alpha value is -1.92. The molecule has 1 amide bonds. The summed E-state index contributed by atoms with van der Waals surface area (Å²) in [7, 11) is 0. The van der Waals surface area contributed by atoms with Gasteiger partial charge in [0, 0.05) is 32.1 Å². The van der Waals surface area contributed by atoms with Crippen molar-refractivity contribution in [3.8, 4) is 0 Å². The molecule has 24 heavy (non-hydrogen) atoms. The molecule has 2 aliphatic heterocycles. The maximum Gasteiger partial charge on any atom is 0.254 e. The molecule has 128 valence electrons. The number of likely N-dealkylation sites (tertiary alicyclic amines) is 1. The fourth-order valence-electron chi connectivity index (χ4n) is 3.82. The molecule has 1 aromatic carbocycles. The average Bonchev–Trinajstić information content (AvgIpc) is 2.99. The van der Waals surface area contributed by atoms with E-state index in [1.807, 2.05) is 30.0 Å². The van der Waals surface area contributed by atoms with Crippen molar-refractivity contribution in [1.29, 1.82) is 0 Å². The van der Waals surface area contributed by atoms with Crippen molar-refractivity contribution in [1.82, 2.24) is 14.8 Å². The first kappa shape index (κ1) is 15.6. The number of benzene rings is 1. The van der Waals surface area contributed by atoms with Crippen molar-refractivity contribution in [3.63, 3.8) is 0 Å². The lowest BCUT2D eigenvalue weighted by molar-refractivity contribution is -0.0896. The molecule has 2 aliphatic rings. The number of amides is 1. The SMILES string of the molecule is CCN1CC[C@H]2OCCN(C(=O)c3ccc4nc(C)oc4c3)[C@H]2C1. The van der Waals surface area contributed by atoms with E-state index in [4.69, 9.17) is 9.15 Å². The van der Waals surface area contributed by atoms with Crippen molar-refractivity contribution in [2.24, 2.45) is 0 Å². The van der Waals surface area contributed by atoms with Crippen LogP contribution in [0.25, 0.3) is 11.1 Å². The minimum Gasteiger partial charge on any atom is -0.441 e.